The minimum absolute atomic E-state index is 0.110. The van der Waals surface area contributed by atoms with Crippen LogP contribution < -0.4 is 15.8 Å². The molecule has 1 aromatic rings. The Bertz CT molecular complexity index is 575. The predicted molar refractivity (Wildman–Crippen MR) is 73.0 cm³/mol. The quantitative estimate of drug-likeness (QED) is 0.583. The van der Waals surface area contributed by atoms with Crippen molar-refractivity contribution < 1.29 is 19.1 Å². The maximum Gasteiger partial charge on any atom is 0.308 e. The van der Waals surface area contributed by atoms with Crippen molar-refractivity contribution in [1.82, 2.24) is 5.32 Å². The van der Waals surface area contributed by atoms with E-state index >= 15 is 0 Å². The van der Waals surface area contributed by atoms with Gasteiger partial charge in [0.25, 0.3) is 5.91 Å². The fourth-order valence-electron chi connectivity index (χ4n) is 1.58. The second-order valence-corrected chi connectivity index (χ2v) is 4.24. The maximum atomic E-state index is 11.9. The van der Waals surface area contributed by atoms with Gasteiger partial charge in [-0.15, -0.1) is 0 Å². The number of benzene rings is 1. The molecule has 1 aromatic carbocycles. The van der Waals surface area contributed by atoms with Gasteiger partial charge in [0.15, 0.2) is 0 Å². The summed E-state index contributed by atoms with van der Waals surface area (Å²) in [4.78, 5) is 33.9. The van der Waals surface area contributed by atoms with Crippen molar-refractivity contribution in [3.63, 3.8) is 0 Å². The highest BCUT2D eigenvalue weighted by atomic mass is 16.5. The lowest BCUT2D eigenvalue weighted by molar-refractivity contribution is -0.131. The fraction of sp³-hybridized carbons (Fsp3) is 0.286. The van der Waals surface area contributed by atoms with E-state index in [9.17, 15) is 14.4 Å². The predicted octanol–water partition coefficient (Wildman–Crippen LogP) is 0.499. The molecule has 2 amide bonds. The first-order chi connectivity index (χ1) is 9.93. The van der Waals surface area contributed by atoms with E-state index in [1.165, 1.54) is 31.2 Å². The molecule has 0 spiro atoms. The van der Waals surface area contributed by atoms with Crippen molar-refractivity contribution in [2.24, 2.45) is 5.73 Å². The molecule has 0 aliphatic carbocycles. The van der Waals surface area contributed by atoms with Gasteiger partial charge >= 0.3 is 5.97 Å². The van der Waals surface area contributed by atoms with Crippen LogP contribution in [0.2, 0.25) is 0 Å². The van der Waals surface area contributed by atoms with Crippen LogP contribution in [0.1, 0.15) is 30.1 Å². The third kappa shape index (κ3) is 5.32. The molecule has 0 aromatic heterocycles. The number of rotatable bonds is 6. The molecule has 0 aliphatic rings. The fourth-order valence-corrected chi connectivity index (χ4v) is 1.58. The second-order valence-electron chi connectivity index (χ2n) is 4.24. The summed E-state index contributed by atoms with van der Waals surface area (Å²) in [7, 11) is 0. The Labute approximate surface area is 121 Å². The van der Waals surface area contributed by atoms with Crippen LogP contribution in [0.4, 0.5) is 0 Å². The number of primary amides is 1. The number of nitriles is 1. The van der Waals surface area contributed by atoms with Crippen molar-refractivity contribution in [2.45, 2.75) is 25.8 Å². The topological polar surface area (TPSA) is 122 Å². The Hall–Kier alpha value is -2.88. The molecular formula is C14H15N3O4. The zero-order chi connectivity index (χ0) is 15.8. The van der Waals surface area contributed by atoms with Crippen LogP contribution >= 0.6 is 0 Å². The van der Waals surface area contributed by atoms with Crippen LogP contribution in [0, 0.1) is 11.3 Å². The van der Waals surface area contributed by atoms with Crippen LogP contribution in [0.5, 0.6) is 5.75 Å². The first kappa shape index (κ1) is 16.2. The van der Waals surface area contributed by atoms with E-state index in [-0.39, 0.29) is 18.4 Å². The van der Waals surface area contributed by atoms with Crippen LogP contribution in [-0.4, -0.2) is 23.8 Å². The van der Waals surface area contributed by atoms with Crippen molar-refractivity contribution in [3.8, 4) is 11.8 Å². The molecule has 1 atom stereocenters. The number of amides is 2. The number of hydrogen-bond donors (Lipinski definition) is 2. The molecule has 0 heterocycles. The molecule has 7 heteroatoms. The lowest BCUT2D eigenvalue weighted by atomic mass is 10.1. The molecule has 0 fully saturated rings. The summed E-state index contributed by atoms with van der Waals surface area (Å²) in [5, 5.41) is 10.9. The second kappa shape index (κ2) is 7.65. The van der Waals surface area contributed by atoms with E-state index in [0.29, 0.717) is 5.75 Å². The molecule has 0 radical (unpaired) electrons. The minimum Gasteiger partial charge on any atom is -0.427 e. The highest BCUT2D eigenvalue weighted by Gasteiger charge is 2.18. The number of ether oxygens (including phenoxy) is 1. The van der Waals surface area contributed by atoms with Gasteiger partial charge in [0.05, 0.1) is 6.07 Å². The molecule has 0 aliphatic heterocycles. The van der Waals surface area contributed by atoms with E-state index in [2.05, 4.69) is 5.32 Å². The third-order valence-electron chi connectivity index (χ3n) is 2.57. The van der Waals surface area contributed by atoms with Crippen molar-refractivity contribution in [2.75, 3.05) is 0 Å². The number of carbonyl (C=O) groups is 3. The number of esters is 1. The number of nitrogens with one attached hydrogen (secondary N) is 1. The highest BCUT2D eigenvalue weighted by Crippen LogP contribution is 2.12. The minimum atomic E-state index is -0.898. The summed E-state index contributed by atoms with van der Waals surface area (Å²) in [6.45, 7) is 1.27. The summed E-state index contributed by atoms with van der Waals surface area (Å²) in [6, 6.07) is 6.82. The number of hydrogen-bond acceptors (Lipinski definition) is 5. The molecule has 0 bridgehead atoms. The van der Waals surface area contributed by atoms with E-state index in [1.807, 2.05) is 6.07 Å². The van der Waals surface area contributed by atoms with Crippen LogP contribution in [0.25, 0.3) is 0 Å². The first-order valence-corrected chi connectivity index (χ1v) is 6.19. The van der Waals surface area contributed by atoms with Gasteiger partial charge in [-0.3, -0.25) is 14.4 Å². The van der Waals surface area contributed by atoms with Gasteiger partial charge in [-0.25, -0.2) is 0 Å². The molecule has 7 nitrogen and oxygen atoms in total. The Morgan fingerprint density at radius 3 is 2.43 bits per heavy atom. The van der Waals surface area contributed by atoms with Gasteiger partial charge < -0.3 is 15.8 Å². The molecule has 0 saturated heterocycles. The number of nitrogens with zero attached hydrogens (tertiary/aromatic N) is 1. The summed E-state index contributed by atoms with van der Waals surface area (Å²) >= 11 is 0. The van der Waals surface area contributed by atoms with Crippen molar-refractivity contribution in [1.29, 1.82) is 5.26 Å². The normalized spacial score (nSPS) is 11.0. The summed E-state index contributed by atoms with van der Waals surface area (Å²) in [5.74, 6) is -1.34. The lowest BCUT2D eigenvalue weighted by Crippen LogP contribution is -2.44. The Balaban J connectivity index is 2.71. The summed E-state index contributed by atoms with van der Waals surface area (Å²) in [6.07, 6.45) is 0.266. The van der Waals surface area contributed by atoms with E-state index < -0.39 is 23.8 Å². The largest absolute Gasteiger partial charge is 0.427 e. The van der Waals surface area contributed by atoms with Crippen molar-refractivity contribution >= 4 is 17.8 Å². The van der Waals surface area contributed by atoms with Gasteiger partial charge in [0, 0.05) is 18.9 Å². The van der Waals surface area contributed by atoms with Crippen LogP contribution in [0.15, 0.2) is 24.3 Å². The summed E-state index contributed by atoms with van der Waals surface area (Å²) in [5.41, 5.74) is 5.45. The van der Waals surface area contributed by atoms with E-state index in [0.717, 1.165) is 0 Å². The standard InChI is InChI=1S/C14H15N3O4/c1-9(18)21-11-6-4-10(5-7-11)14(20)17-12(13(16)19)3-2-8-15/h4-7,12H,2-3H2,1H3,(H2,16,19)(H,17,20)/t12-/m0/s1. The van der Waals surface area contributed by atoms with Gasteiger partial charge in [-0.2, -0.15) is 5.26 Å². The maximum absolute atomic E-state index is 11.9. The molecule has 21 heavy (non-hydrogen) atoms. The highest BCUT2D eigenvalue weighted by molar-refractivity contribution is 5.97. The molecule has 1 rings (SSSR count). The molecular weight excluding hydrogens is 274 g/mol. The van der Waals surface area contributed by atoms with Crippen LogP contribution in [-0.2, 0) is 9.59 Å². The average molecular weight is 289 g/mol. The third-order valence-corrected chi connectivity index (χ3v) is 2.57. The average Bonchev–Trinajstić information content (AvgIpc) is 2.43. The molecule has 110 valence electrons. The van der Waals surface area contributed by atoms with Gasteiger partial charge in [0.2, 0.25) is 5.91 Å². The lowest BCUT2D eigenvalue weighted by Gasteiger charge is -2.14. The molecule has 0 unspecified atom stereocenters. The van der Waals surface area contributed by atoms with Gasteiger partial charge in [-0.1, -0.05) is 0 Å². The number of nitrogens with two attached hydrogens (primary N) is 1. The van der Waals surface area contributed by atoms with E-state index in [4.69, 9.17) is 15.7 Å². The first-order valence-electron chi connectivity index (χ1n) is 6.19. The molecule has 3 N–H and O–H groups in total. The van der Waals surface area contributed by atoms with E-state index in [1.54, 1.807) is 0 Å². The SMILES string of the molecule is CC(=O)Oc1ccc(C(=O)N[C@@H](CCC#N)C(N)=O)cc1. The summed E-state index contributed by atoms with van der Waals surface area (Å²) < 4.78 is 4.84. The monoisotopic (exact) mass is 289 g/mol. The van der Waals surface area contributed by atoms with Gasteiger partial charge in [0.1, 0.15) is 11.8 Å². The van der Waals surface area contributed by atoms with Crippen LogP contribution in [0.3, 0.4) is 0 Å². The zero-order valence-corrected chi connectivity index (χ0v) is 11.5. The number of carbonyl (C=O) groups excluding carboxylic acids is 3. The Morgan fingerprint density at radius 1 is 1.33 bits per heavy atom. The smallest absolute Gasteiger partial charge is 0.308 e. The molecule has 0 saturated carbocycles. The Kier molecular flexibility index (Phi) is 5.89. The van der Waals surface area contributed by atoms with Gasteiger partial charge in [-0.05, 0) is 30.7 Å². The van der Waals surface area contributed by atoms with Crippen molar-refractivity contribution in [3.05, 3.63) is 29.8 Å². The zero-order valence-electron chi connectivity index (χ0n) is 11.5. The Morgan fingerprint density at radius 2 is 1.95 bits per heavy atom.